The van der Waals surface area contributed by atoms with Crippen molar-refractivity contribution in [2.75, 3.05) is 0 Å². The Bertz CT molecular complexity index is 343. The Hall–Kier alpha value is -1.31. The summed E-state index contributed by atoms with van der Waals surface area (Å²) in [5.41, 5.74) is 2.42. The molecule has 1 rings (SSSR count). The number of nitrogens with one attached hydrogen (secondary N) is 1. The highest BCUT2D eigenvalue weighted by Crippen LogP contribution is 2.06. The van der Waals surface area contributed by atoms with E-state index in [0.717, 1.165) is 6.42 Å². The van der Waals surface area contributed by atoms with E-state index in [1.807, 2.05) is 0 Å². The maximum absolute atomic E-state index is 11.6. The van der Waals surface area contributed by atoms with E-state index in [4.69, 9.17) is 0 Å². The second-order valence-electron chi connectivity index (χ2n) is 4.93. The zero-order chi connectivity index (χ0) is 13.2. The molecule has 18 heavy (non-hydrogen) atoms. The van der Waals surface area contributed by atoms with Crippen LogP contribution >= 0.6 is 0 Å². The van der Waals surface area contributed by atoms with E-state index < -0.39 is 0 Å². The van der Waals surface area contributed by atoms with Gasteiger partial charge in [-0.05, 0) is 18.9 Å². The molecule has 0 unspecified atom stereocenters. The Morgan fingerprint density at radius 2 is 1.72 bits per heavy atom. The molecule has 0 aliphatic rings. The summed E-state index contributed by atoms with van der Waals surface area (Å²) in [5, 5.41) is 2.97. The monoisotopic (exact) mass is 247 g/mol. The number of unbranched alkanes of at least 4 members (excludes halogenated alkanes) is 4. The second-order valence-corrected chi connectivity index (χ2v) is 4.93. The number of carbonyl (C=O) groups is 1. The molecule has 0 aliphatic carbocycles. The Labute approximate surface area is 111 Å². The smallest absolute Gasteiger partial charge is 0.220 e. The molecule has 0 spiro atoms. The third-order valence-corrected chi connectivity index (χ3v) is 3.12. The first-order chi connectivity index (χ1) is 8.72. The van der Waals surface area contributed by atoms with Crippen molar-refractivity contribution in [2.24, 2.45) is 0 Å². The van der Waals surface area contributed by atoms with Crippen LogP contribution in [0.25, 0.3) is 0 Å². The van der Waals surface area contributed by atoms with Crippen LogP contribution in [0.5, 0.6) is 0 Å². The van der Waals surface area contributed by atoms with Crippen LogP contribution in [-0.2, 0) is 11.3 Å². The molecule has 1 aromatic rings. The molecule has 0 radical (unpaired) electrons. The second kappa shape index (κ2) is 8.73. The zero-order valence-electron chi connectivity index (χ0n) is 11.7. The Morgan fingerprint density at radius 3 is 2.39 bits per heavy atom. The van der Waals surface area contributed by atoms with E-state index in [1.165, 1.54) is 36.8 Å². The van der Waals surface area contributed by atoms with E-state index >= 15 is 0 Å². The van der Waals surface area contributed by atoms with Gasteiger partial charge in [0.15, 0.2) is 0 Å². The summed E-state index contributed by atoms with van der Waals surface area (Å²) >= 11 is 0. The summed E-state index contributed by atoms with van der Waals surface area (Å²) in [5.74, 6) is 0.173. The molecule has 1 N–H and O–H groups in total. The fourth-order valence-corrected chi connectivity index (χ4v) is 1.88. The standard InChI is InChI=1S/C16H25NO/c1-3-4-5-6-7-8-16(18)17-13-15-11-9-14(2)10-12-15/h9-12H,3-8,13H2,1-2H3,(H,17,18). The van der Waals surface area contributed by atoms with Crippen molar-refractivity contribution in [1.29, 1.82) is 0 Å². The molecule has 0 aromatic heterocycles. The quantitative estimate of drug-likeness (QED) is 0.692. The van der Waals surface area contributed by atoms with Gasteiger partial charge in [-0.3, -0.25) is 4.79 Å². The molecule has 1 amide bonds. The highest BCUT2D eigenvalue weighted by molar-refractivity contribution is 5.75. The van der Waals surface area contributed by atoms with Crippen molar-refractivity contribution in [3.05, 3.63) is 35.4 Å². The molecular weight excluding hydrogens is 222 g/mol. The normalized spacial score (nSPS) is 10.3. The van der Waals surface area contributed by atoms with Crippen LogP contribution in [0.2, 0.25) is 0 Å². The van der Waals surface area contributed by atoms with Gasteiger partial charge in [0.25, 0.3) is 0 Å². The molecule has 2 nitrogen and oxygen atoms in total. The van der Waals surface area contributed by atoms with Crippen LogP contribution in [0.4, 0.5) is 0 Å². The zero-order valence-corrected chi connectivity index (χ0v) is 11.7. The maximum Gasteiger partial charge on any atom is 0.220 e. The van der Waals surface area contributed by atoms with E-state index in [-0.39, 0.29) is 5.91 Å². The summed E-state index contributed by atoms with van der Waals surface area (Å²) in [4.78, 5) is 11.6. The molecule has 0 saturated heterocycles. The van der Waals surface area contributed by atoms with Crippen LogP contribution in [0.1, 0.15) is 56.6 Å². The van der Waals surface area contributed by atoms with Crippen molar-refractivity contribution >= 4 is 5.91 Å². The Kier molecular flexibility index (Phi) is 7.16. The van der Waals surface area contributed by atoms with Crippen molar-refractivity contribution < 1.29 is 4.79 Å². The summed E-state index contributed by atoms with van der Waals surface area (Å²) in [6.45, 7) is 4.92. The van der Waals surface area contributed by atoms with Gasteiger partial charge < -0.3 is 5.32 Å². The first-order valence-corrected chi connectivity index (χ1v) is 7.04. The highest BCUT2D eigenvalue weighted by Gasteiger charge is 2.01. The molecule has 0 bridgehead atoms. The number of carbonyl (C=O) groups excluding carboxylic acids is 1. The van der Waals surface area contributed by atoms with Crippen LogP contribution < -0.4 is 5.32 Å². The molecular formula is C16H25NO. The fraction of sp³-hybridized carbons (Fsp3) is 0.562. The van der Waals surface area contributed by atoms with Crippen molar-refractivity contribution in [3.8, 4) is 0 Å². The van der Waals surface area contributed by atoms with Gasteiger partial charge in [0.2, 0.25) is 5.91 Å². The Balaban J connectivity index is 2.11. The van der Waals surface area contributed by atoms with Gasteiger partial charge in [-0.1, -0.05) is 62.4 Å². The summed E-state index contributed by atoms with van der Waals surface area (Å²) in [7, 11) is 0. The van der Waals surface area contributed by atoms with Crippen LogP contribution in [-0.4, -0.2) is 5.91 Å². The lowest BCUT2D eigenvalue weighted by molar-refractivity contribution is -0.121. The van der Waals surface area contributed by atoms with E-state index in [2.05, 4.69) is 43.4 Å². The minimum atomic E-state index is 0.173. The third kappa shape index (κ3) is 6.43. The number of amides is 1. The molecule has 0 atom stereocenters. The van der Waals surface area contributed by atoms with Gasteiger partial charge in [-0.25, -0.2) is 0 Å². The third-order valence-electron chi connectivity index (χ3n) is 3.12. The molecule has 1 aromatic carbocycles. The van der Waals surface area contributed by atoms with Gasteiger partial charge in [-0.2, -0.15) is 0 Å². The Morgan fingerprint density at radius 1 is 1.06 bits per heavy atom. The maximum atomic E-state index is 11.6. The van der Waals surface area contributed by atoms with E-state index in [1.54, 1.807) is 0 Å². The van der Waals surface area contributed by atoms with Crippen LogP contribution in [0, 0.1) is 6.92 Å². The minimum Gasteiger partial charge on any atom is -0.352 e. The molecule has 0 heterocycles. The van der Waals surface area contributed by atoms with Crippen LogP contribution in [0.15, 0.2) is 24.3 Å². The largest absolute Gasteiger partial charge is 0.352 e. The van der Waals surface area contributed by atoms with Crippen molar-refractivity contribution in [2.45, 2.75) is 58.9 Å². The number of benzene rings is 1. The van der Waals surface area contributed by atoms with E-state index in [0.29, 0.717) is 13.0 Å². The van der Waals surface area contributed by atoms with Crippen LogP contribution in [0.3, 0.4) is 0 Å². The predicted octanol–water partition coefficient (Wildman–Crippen LogP) is 3.97. The average molecular weight is 247 g/mol. The van der Waals surface area contributed by atoms with Crippen molar-refractivity contribution in [1.82, 2.24) is 5.32 Å². The van der Waals surface area contributed by atoms with Gasteiger partial charge >= 0.3 is 0 Å². The number of hydrogen-bond donors (Lipinski definition) is 1. The first-order valence-electron chi connectivity index (χ1n) is 7.04. The lowest BCUT2D eigenvalue weighted by Crippen LogP contribution is -2.22. The molecule has 100 valence electrons. The fourth-order valence-electron chi connectivity index (χ4n) is 1.88. The molecule has 2 heteroatoms. The highest BCUT2D eigenvalue weighted by atomic mass is 16.1. The lowest BCUT2D eigenvalue weighted by atomic mass is 10.1. The summed E-state index contributed by atoms with van der Waals surface area (Å²) in [6.07, 6.45) is 6.63. The average Bonchev–Trinajstić information content (AvgIpc) is 2.38. The molecule has 0 aliphatic heterocycles. The van der Waals surface area contributed by atoms with Gasteiger partial charge in [0, 0.05) is 13.0 Å². The summed E-state index contributed by atoms with van der Waals surface area (Å²) in [6, 6.07) is 8.28. The lowest BCUT2D eigenvalue weighted by Gasteiger charge is -2.05. The number of hydrogen-bond acceptors (Lipinski definition) is 1. The van der Waals surface area contributed by atoms with Gasteiger partial charge in [0.1, 0.15) is 0 Å². The van der Waals surface area contributed by atoms with Crippen molar-refractivity contribution in [3.63, 3.8) is 0 Å². The topological polar surface area (TPSA) is 29.1 Å². The number of rotatable bonds is 8. The minimum absolute atomic E-state index is 0.173. The SMILES string of the molecule is CCCCCCCC(=O)NCc1ccc(C)cc1. The number of aryl methyl sites for hydroxylation is 1. The summed E-state index contributed by atoms with van der Waals surface area (Å²) < 4.78 is 0. The van der Waals surface area contributed by atoms with Gasteiger partial charge in [0.05, 0.1) is 0 Å². The van der Waals surface area contributed by atoms with E-state index in [9.17, 15) is 4.79 Å². The predicted molar refractivity (Wildman–Crippen MR) is 76.4 cm³/mol. The first kappa shape index (κ1) is 14.7. The van der Waals surface area contributed by atoms with Gasteiger partial charge in [-0.15, -0.1) is 0 Å². The molecule has 0 saturated carbocycles. The molecule has 0 fully saturated rings.